The van der Waals surface area contributed by atoms with Gasteiger partial charge in [0.2, 0.25) is 0 Å². The van der Waals surface area contributed by atoms with Gasteiger partial charge in [-0.1, -0.05) is 32.8 Å². The summed E-state index contributed by atoms with van der Waals surface area (Å²) in [5, 5.41) is 0. The normalized spacial score (nSPS) is 11.0. The molecule has 0 saturated carbocycles. The largest absolute Gasteiger partial charge is 0.302 e. The average Bonchev–Trinajstić information content (AvgIpc) is 2.01. The van der Waals surface area contributed by atoms with E-state index in [1.165, 1.54) is 19.4 Å². The summed E-state index contributed by atoms with van der Waals surface area (Å²) >= 11 is 0. The Hall–Kier alpha value is -0.300. The van der Waals surface area contributed by atoms with Gasteiger partial charge in [0, 0.05) is 13.1 Å². The van der Waals surface area contributed by atoms with Gasteiger partial charge in [0.05, 0.1) is 0 Å². The Morgan fingerprint density at radius 3 is 2.27 bits per heavy atom. The molecule has 0 fully saturated rings. The smallest absolute Gasteiger partial charge is 0.0157 e. The molecular weight excluding hydrogens is 134 g/mol. The lowest BCUT2D eigenvalue weighted by atomic mass is 10.0. The monoisotopic (exact) mass is 155 g/mol. The molecule has 0 atom stereocenters. The Balaban J connectivity index is 3.52. The molecule has 0 aromatic heterocycles. The van der Waals surface area contributed by atoms with Crippen molar-refractivity contribution in [1.29, 1.82) is 0 Å². The van der Waals surface area contributed by atoms with Crippen molar-refractivity contribution in [3.05, 3.63) is 12.7 Å². The summed E-state index contributed by atoms with van der Waals surface area (Å²) in [4.78, 5) is 2.32. The van der Waals surface area contributed by atoms with E-state index in [1.54, 1.807) is 0 Å². The Kier molecular flexibility index (Phi) is 6.24. The van der Waals surface area contributed by atoms with Gasteiger partial charge in [-0.3, -0.25) is 0 Å². The van der Waals surface area contributed by atoms with Crippen LogP contribution in [0.2, 0.25) is 0 Å². The van der Waals surface area contributed by atoms with Gasteiger partial charge < -0.3 is 4.90 Å². The quantitative estimate of drug-likeness (QED) is 0.533. The Morgan fingerprint density at radius 2 is 1.91 bits per heavy atom. The number of hydrogen-bond acceptors (Lipinski definition) is 1. The summed E-state index contributed by atoms with van der Waals surface area (Å²) in [5.41, 5.74) is 0. The molecule has 0 radical (unpaired) electrons. The lowest BCUT2D eigenvalue weighted by Crippen LogP contribution is -2.25. The summed E-state index contributed by atoms with van der Waals surface area (Å²) in [7, 11) is 2.15. The zero-order chi connectivity index (χ0) is 8.69. The predicted octanol–water partition coefficient (Wildman–Crippen LogP) is 2.54. The van der Waals surface area contributed by atoms with E-state index in [4.69, 9.17) is 0 Å². The summed E-state index contributed by atoms with van der Waals surface area (Å²) in [5.74, 6) is 0.861. The van der Waals surface area contributed by atoms with E-state index in [0.717, 1.165) is 12.5 Å². The SMILES string of the molecule is C=CCN(C)CC(CC)CC. The van der Waals surface area contributed by atoms with Crippen molar-refractivity contribution >= 4 is 0 Å². The number of nitrogens with zero attached hydrogens (tertiary/aromatic N) is 1. The molecule has 0 unspecified atom stereocenters. The van der Waals surface area contributed by atoms with Crippen LogP contribution in [-0.2, 0) is 0 Å². The maximum atomic E-state index is 3.72. The van der Waals surface area contributed by atoms with Gasteiger partial charge in [-0.2, -0.15) is 0 Å². The number of rotatable bonds is 6. The van der Waals surface area contributed by atoms with E-state index in [1.807, 2.05) is 6.08 Å². The van der Waals surface area contributed by atoms with Gasteiger partial charge in [0.1, 0.15) is 0 Å². The van der Waals surface area contributed by atoms with Crippen LogP contribution in [0.3, 0.4) is 0 Å². The van der Waals surface area contributed by atoms with Crippen molar-refractivity contribution in [3.63, 3.8) is 0 Å². The maximum absolute atomic E-state index is 3.72. The Bertz CT molecular complexity index is 95.0. The fourth-order valence-electron chi connectivity index (χ4n) is 1.28. The standard InChI is InChI=1S/C10H21N/c1-5-8-11(4)9-10(6-2)7-3/h5,10H,1,6-9H2,2-4H3. The first kappa shape index (κ1) is 10.7. The van der Waals surface area contributed by atoms with Crippen LogP contribution >= 0.6 is 0 Å². The van der Waals surface area contributed by atoms with Gasteiger partial charge in [0.25, 0.3) is 0 Å². The lowest BCUT2D eigenvalue weighted by Gasteiger charge is -2.20. The topological polar surface area (TPSA) is 3.24 Å². The zero-order valence-electron chi connectivity index (χ0n) is 8.14. The maximum Gasteiger partial charge on any atom is 0.0157 e. The molecular formula is C10H21N. The summed E-state index contributed by atoms with van der Waals surface area (Å²) < 4.78 is 0. The molecule has 0 aromatic carbocycles. The van der Waals surface area contributed by atoms with Crippen LogP contribution < -0.4 is 0 Å². The Morgan fingerprint density at radius 1 is 1.36 bits per heavy atom. The van der Waals surface area contributed by atoms with E-state index in [-0.39, 0.29) is 0 Å². The second-order valence-corrected chi connectivity index (χ2v) is 3.19. The molecule has 0 saturated heterocycles. The van der Waals surface area contributed by atoms with Crippen molar-refractivity contribution in [1.82, 2.24) is 4.90 Å². The molecule has 0 heterocycles. The lowest BCUT2D eigenvalue weighted by molar-refractivity contribution is 0.289. The highest BCUT2D eigenvalue weighted by Crippen LogP contribution is 2.08. The molecule has 0 bridgehead atoms. The van der Waals surface area contributed by atoms with Crippen LogP contribution in [0.25, 0.3) is 0 Å². The summed E-state index contributed by atoms with van der Waals surface area (Å²) in [6, 6.07) is 0. The van der Waals surface area contributed by atoms with Crippen molar-refractivity contribution in [2.45, 2.75) is 26.7 Å². The third-order valence-electron chi connectivity index (χ3n) is 2.17. The van der Waals surface area contributed by atoms with Gasteiger partial charge in [-0.25, -0.2) is 0 Å². The molecule has 0 aliphatic heterocycles. The molecule has 0 rings (SSSR count). The molecule has 0 amide bonds. The van der Waals surface area contributed by atoms with E-state index in [9.17, 15) is 0 Å². The van der Waals surface area contributed by atoms with E-state index >= 15 is 0 Å². The second-order valence-electron chi connectivity index (χ2n) is 3.19. The van der Waals surface area contributed by atoms with Crippen LogP contribution in [0.5, 0.6) is 0 Å². The molecule has 11 heavy (non-hydrogen) atoms. The van der Waals surface area contributed by atoms with E-state index < -0.39 is 0 Å². The first-order valence-corrected chi connectivity index (χ1v) is 4.54. The first-order valence-electron chi connectivity index (χ1n) is 4.54. The summed E-state index contributed by atoms with van der Waals surface area (Å²) in [6.45, 7) is 10.5. The van der Waals surface area contributed by atoms with Gasteiger partial charge in [0.15, 0.2) is 0 Å². The van der Waals surface area contributed by atoms with Crippen molar-refractivity contribution < 1.29 is 0 Å². The second kappa shape index (κ2) is 6.41. The molecule has 0 aliphatic carbocycles. The van der Waals surface area contributed by atoms with Gasteiger partial charge in [-0.05, 0) is 13.0 Å². The minimum absolute atomic E-state index is 0.861. The zero-order valence-corrected chi connectivity index (χ0v) is 8.14. The minimum atomic E-state index is 0.861. The molecule has 0 spiro atoms. The molecule has 66 valence electrons. The van der Waals surface area contributed by atoms with Crippen LogP contribution in [0.1, 0.15) is 26.7 Å². The molecule has 0 aromatic rings. The fourth-order valence-corrected chi connectivity index (χ4v) is 1.28. The van der Waals surface area contributed by atoms with Crippen molar-refractivity contribution in [3.8, 4) is 0 Å². The molecule has 1 heteroatoms. The highest BCUT2D eigenvalue weighted by Gasteiger charge is 2.05. The van der Waals surface area contributed by atoms with Crippen molar-refractivity contribution in [2.24, 2.45) is 5.92 Å². The average molecular weight is 155 g/mol. The predicted molar refractivity (Wildman–Crippen MR) is 51.8 cm³/mol. The van der Waals surface area contributed by atoms with Gasteiger partial charge in [-0.15, -0.1) is 6.58 Å². The first-order chi connectivity index (χ1) is 5.24. The third kappa shape index (κ3) is 5.02. The number of likely N-dealkylation sites (N-methyl/N-ethyl adjacent to an activating group) is 1. The molecule has 0 N–H and O–H groups in total. The van der Waals surface area contributed by atoms with Crippen molar-refractivity contribution in [2.75, 3.05) is 20.1 Å². The van der Waals surface area contributed by atoms with E-state index in [2.05, 4.69) is 32.4 Å². The van der Waals surface area contributed by atoms with Crippen LogP contribution in [0.15, 0.2) is 12.7 Å². The van der Waals surface area contributed by atoms with Gasteiger partial charge >= 0.3 is 0 Å². The van der Waals surface area contributed by atoms with Crippen LogP contribution in [0.4, 0.5) is 0 Å². The molecule has 1 nitrogen and oxygen atoms in total. The van der Waals surface area contributed by atoms with Crippen LogP contribution in [-0.4, -0.2) is 25.0 Å². The fraction of sp³-hybridized carbons (Fsp3) is 0.800. The highest BCUT2D eigenvalue weighted by molar-refractivity contribution is 4.72. The minimum Gasteiger partial charge on any atom is -0.302 e. The van der Waals surface area contributed by atoms with Crippen LogP contribution in [0, 0.1) is 5.92 Å². The Labute approximate surface area is 71.1 Å². The van der Waals surface area contributed by atoms with E-state index in [0.29, 0.717) is 0 Å². The number of hydrogen-bond donors (Lipinski definition) is 0. The highest BCUT2D eigenvalue weighted by atomic mass is 15.1. The molecule has 0 aliphatic rings. The summed E-state index contributed by atoms with van der Waals surface area (Å²) in [6.07, 6.45) is 4.54. The third-order valence-corrected chi connectivity index (χ3v) is 2.17.